The Morgan fingerprint density at radius 3 is 3.07 bits per heavy atom. The third kappa shape index (κ3) is 2.23. The number of benzene rings is 1. The number of ether oxygens (including phenoxy) is 1. The molecule has 2 rings (SSSR count). The maximum atomic E-state index is 10.8. The highest BCUT2D eigenvalue weighted by Crippen LogP contribution is 2.29. The van der Waals surface area contributed by atoms with Crippen LogP contribution in [-0.4, -0.2) is 17.2 Å². The molecule has 0 amide bonds. The fourth-order valence-electron chi connectivity index (χ4n) is 1.72. The molecule has 1 aliphatic rings. The van der Waals surface area contributed by atoms with E-state index in [0.29, 0.717) is 17.2 Å². The minimum absolute atomic E-state index is 0.543. The van der Waals surface area contributed by atoms with E-state index in [4.69, 9.17) is 21.4 Å². The molecule has 0 fully saturated rings. The van der Waals surface area contributed by atoms with E-state index in [9.17, 15) is 4.79 Å². The van der Waals surface area contributed by atoms with E-state index in [1.807, 2.05) is 6.07 Å². The molecule has 0 aliphatic carbocycles. The van der Waals surface area contributed by atoms with Gasteiger partial charge in [-0.25, -0.2) is 4.79 Å². The van der Waals surface area contributed by atoms with E-state index < -0.39 is 12.1 Å². The molecule has 4 heteroatoms. The standard InChI is InChI=1S/C11H11ClO3/c12-8-4-5-9-7(6-8)2-1-3-10(15-9)11(13)14/h4-6,10H,1-3H2,(H,13,14)/t10-/m1/s1. The largest absolute Gasteiger partial charge is 0.479 e. The highest BCUT2D eigenvalue weighted by Gasteiger charge is 2.23. The molecule has 0 unspecified atom stereocenters. The van der Waals surface area contributed by atoms with Gasteiger partial charge in [0.25, 0.3) is 0 Å². The van der Waals surface area contributed by atoms with Crippen LogP contribution < -0.4 is 4.74 Å². The first-order valence-corrected chi connectivity index (χ1v) is 5.22. The molecule has 0 saturated heterocycles. The zero-order valence-corrected chi connectivity index (χ0v) is 8.83. The van der Waals surface area contributed by atoms with Crippen molar-refractivity contribution in [3.8, 4) is 5.75 Å². The van der Waals surface area contributed by atoms with Crippen LogP contribution in [0.5, 0.6) is 5.75 Å². The number of halogens is 1. The van der Waals surface area contributed by atoms with Crippen LogP contribution in [-0.2, 0) is 11.2 Å². The summed E-state index contributed by atoms with van der Waals surface area (Å²) in [5, 5.41) is 9.55. The molecule has 15 heavy (non-hydrogen) atoms. The van der Waals surface area contributed by atoms with Gasteiger partial charge in [-0.3, -0.25) is 0 Å². The SMILES string of the molecule is O=C(O)[C@H]1CCCc2cc(Cl)ccc2O1. The van der Waals surface area contributed by atoms with Crippen LogP contribution in [0.3, 0.4) is 0 Å². The Balaban J connectivity index is 2.29. The summed E-state index contributed by atoms with van der Waals surface area (Å²) in [7, 11) is 0. The Kier molecular flexibility index (Phi) is 2.82. The van der Waals surface area contributed by atoms with Crippen molar-refractivity contribution in [1.29, 1.82) is 0 Å². The molecule has 1 atom stereocenters. The van der Waals surface area contributed by atoms with Crippen LogP contribution in [0, 0.1) is 0 Å². The first-order chi connectivity index (χ1) is 7.16. The molecule has 0 saturated carbocycles. The van der Waals surface area contributed by atoms with Crippen molar-refractivity contribution in [2.24, 2.45) is 0 Å². The van der Waals surface area contributed by atoms with Crippen molar-refractivity contribution in [2.45, 2.75) is 25.4 Å². The average Bonchev–Trinajstić information content (AvgIpc) is 2.39. The van der Waals surface area contributed by atoms with E-state index in [-0.39, 0.29) is 0 Å². The van der Waals surface area contributed by atoms with Crippen LogP contribution in [0.4, 0.5) is 0 Å². The summed E-state index contributed by atoms with van der Waals surface area (Å²) in [5.41, 5.74) is 0.992. The second-order valence-electron chi connectivity index (χ2n) is 3.59. The van der Waals surface area contributed by atoms with Gasteiger partial charge in [-0.1, -0.05) is 11.6 Å². The summed E-state index contributed by atoms with van der Waals surface area (Å²) in [6.07, 6.45) is 1.44. The van der Waals surface area contributed by atoms with Gasteiger partial charge in [0, 0.05) is 5.02 Å². The normalized spacial score (nSPS) is 19.9. The fourth-order valence-corrected chi connectivity index (χ4v) is 1.92. The summed E-state index contributed by atoms with van der Waals surface area (Å²) in [6, 6.07) is 5.28. The molecule has 1 aliphatic heterocycles. The molecule has 0 radical (unpaired) electrons. The zero-order valence-electron chi connectivity index (χ0n) is 8.07. The second kappa shape index (κ2) is 4.11. The van der Waals surface area contributed by atoms with E-state index in [1.165, 1.54) is 0 Å². The van der Waals surface area contributed by atoms with Gasteiger partial charge < -0.3 is 9.84 Å². The summed E-state index contributed by atoms with van der Waals surface area (Å²) in [6.45, 7) is 0. The molecular weight excluding hydrogens is 216 g/mol. The third-order valence-electron chi connectivity index (χ3n) is 2.48. The number of carboxylic acids is 1. The van der Waals surface area contributed by atoms with Crippen LogP contribution in [0.15, 0.2) is 18.2 Å². The lowest BCUT2D eigenvalue weighted by Gasteiger charge is -2.12. The number of aliphatic carboxylic acids is 1. The molecule has 0 aromatic heterocycles. The first kappa shape index (κ1) is 10.3. The second-order valence-corrected chi connectivity index (χ2v) is 4.03. The summed E-state index contributed by atoms with van der Waals surface area (Å²) in [4.78, 5) is 10.8. The average molecular weight is 227 g/mol. The number of fused-ring (bicyclic) bond motifs is 1. The van der Waals surface area contributed by atoms with Crippen molar-refractivity contribution in [2.75, 3.05) is 0 Å². The zero-order chi connectivity index (χ0) is 10.8. The van der Waals surface area contributed by atoms with Gasteiger partial charge in [0.15, 0.2) is 6.10 Å². The van der Waals surface area contributed by atoms with Gasteiger partial charge in [-0.05, 0) is 43.0 Å². The van der Waals surface area contributed by atoms with E-state index in [0.717, 1.165) is 18.4 Å². The molecule has 1 aromatic rings. The van der Waals surface area contributed by atoms with Gasteiger partial charge >= 0.3 is 5.97 Å². The van der Waals surface area contributed by atoms with Gasteiger partial charge in [-0.15, -0.1) is 0 Å². The number of aryl methyl sites for hydroxylation is 1. The number of hydrogen-bond donors (Lipinski definition) is 1. The van der Waals surface area contributed by atoms with Crippen molar-refractivity contribution >= 4 is 17.6 Å². The molecule has 0 spiro atoms. The summed E-state index contributed by atoms with van der Waals surface area (Å²) < 4.78 is 5.42. The number of hydrogen-bond acceptors (Lipinski definition) is 2. The lowest BCUT2D eigenvalue weighted by atomic mass is 10.1. The fraction of sp³-hybridized carbons (Fsp3) is 0.364. The maximum absolute atomic E-state index is 10.8. The van der Waals surface area contributed by atoms with Crippen molar-refractivity contribution in [3.05, 3.63) is 28.8 Å². The highest BCUT2D eigenvalue weighted by atomic mass is 35.5. The van der Waals surface area contributed by atoms with Gasteiger partial charge in [0.2, 0.25) is 0 Å². The van der Waals surface area contributed by atoms with E-state index in [2.05, 4.69) is 0 Å². The number of carbonyl (C=O) groups is 1. The van der Waals surface area contributed by atoms with Crippen molar-refractivity contribution < 1.29 is 14.6 Å². The molecular formula is C11H11ClO3. The Morgan fingerprint density at radius 1 is 1.53 bits per heavy atom. The van der Waals surface area contributed by atoms with Crippen LogP contribution >= 0.6 is 11.6 Å². The minimum Gasteiger partial charge on any atom is -0.479 e. The Labute approximate surface area is 92.6 Å². The van der Waals surface area contributed by atoms with Crippen LogP contribution in [0.2, 0.25) is 5.02 Å². The number of carboxylic acid groups (broad SMARTS) is 1. The number of rotatable bonds is 1. The van der Waals surface area contributed by atoms with Gasteiger partial charge in [-0.2, -0.15) is 0 Å². The Hall–Kier alpha value is -1.22. The van der Waals surface area contributed by atoms with E-state index >= 15 is 0 Å². The molecule has 80 valence electrons. The van der Waals surface area contributed by atoms with Crippen molar-refractivity contribution in [1.82, 2.24) is 0 Å². The van der Waals surface area contributed by atoms with Gasteiger partial charge in [0.05, 0.1) is 0 Å². The third-order valence-corrected chi connectivity index (χ3v) is 2.71. The first-order valence-electron chi connectivity index (χ1n) is 4.85. The molecule has 1 N–H and O–H groups in total. The smallest absolute Gasteiger partial charge is 0.344 e. The van der Waals surface area contributed by atoms with Crippen LogP contribution in [0.1, 0.15) is 18.4 Å². The lowest BCUT2D eigenvalue weighted by molar-refractivity contribution is -0.145. The summed E-state index contributed by atoms with van der Waals surface area (Å²) >= 11 is 5.86. The maximum Gasteiger partial charge on any atom is 0.344 e. The van der Waals surface area contributed by atoms with Crippen molar-refractivity contribution in [3.63, 3.8) is 0 Å². The minimum atomic E-state index is -0.905. The molecule has 0 bridgehead atoms. The Morgan fingerprint density at radius 2 is 2.33 bits per heavy atom. The van der Waals surface area contributed by atoms with Gasteiger partial charge in [0.1, 0.15) is 5.75 Å². The quantitative estimate of drug-likeness (QED) is 0.801. The predicted octanol–water partition coefficient (Wildman–Crippen LogP) is 2.51. The van der Waals surface area contributed by atoms with E-state index in [1.54, 1.807) is 12.1 Å². The lowest BCUT2D eigenvalue weighted by Crippen LogP contribution is -2.25. The Bertz CT molecular complexity index is 389. The van der Waals surface area contributed by atoms with Crippen LogP contribution in [0.25, 0.3) is 0 Å². The molecule has 3 nitrogen and oxygen atoms in total. The molecule has 1 aromatic carbocycles. The monoisotopic (exact) mass is 226 g/mol. The topological polar surface area (TPSA) is 46.5 Å². The molecule has 1 heterocycles. The summed E-state index contributed by atoms with van der Waals surface area (Å²) in [5.74, 6) is -0.262. The predicted molar refractivity (Wildman–Crippen MR) is 56.4 cm³/mol. The highest BCUT2D eigenvalue weighted by molar-refractivity contribution is 6.30.